The summed E-state index contributed by atoms with van der Waals surface area (Å²) in [6, 6.07) is 0.402. The topological polar surface area (TPSA) is 91.5 Å². The van der Waals surface area contributed by atoms with Crippen LogP contribution < -0.4 is 5.32 Å². The number of carbonyl (C=O) groups excluding carboxylic acids is 1. The number of aliphatic hydroxyl groups excluding tert-OH is 1. The maximum absolute atomic E-state index is 12.4. The molecule has 7 heteroatoms. The van der Waals surface area contributed by atoms with Crippen molar-refractivity contribution in [2.24, 2.45) is 0 Å². The molecule has 2 saturated heterocycles. The number of hydrogen-bond donors (Lipinski definition) is 2. The van der Waals surface area contributed by atoms with Gasteiger partial charge in [0.05, 0.1) is 6.10 Å². The number of aromatic nitrogens is 2. The Bertz CT molecular complexity index is 531. The van der Waals surface area contributed by atoms with Crippen LogP contribution in [-0.4, -0.2) is 50.9 Å². The van der Waals surface area contributed by atoms with Gasteiger partial charge in [0, 0.05) is 31.0 Å². The lowest BCUT2D eigenvalue weighted by Gasteiger charge is -2.37. The first-order valence-corrected chi connectivity index (χ1v) is 8.61. The minimum atomic E-state index is -0.246. The molecule has 7 nitrogen and oxygen atoms in total. The summed E-state index contributed by atoms with van der Waals surface area (Å²) in [6.45, 7) is 4.65. The normalized spacial score (nSPS) is 26.8. The Balaban J connectivity index is 1.41. The highest BCUT2D eigenvalue weighted by Gasteiger charge is 2.42. The first-order chi connectivity index (χ1) is 11.0. The molecule has 0 aromatic carbocycles. The maximum atomic E-state index is 12.4. The second-order valence-electron chi connectivity index (χ2n) is 6.95. The Kier molecular flexibility index (Phi) is 4.84. The summed E-state index contributed by atoms with van der Waals surface area (Å²) in [5, 5.41) is 16.7. The highest BCUT2D eigenvalue weighted by molar-refractivity contribution is 5.75. The number of rotatable bonds is 5. The molecular formula is C16H26N4O3. The smallest absolute Gasteiger partial charge is 0.317 e. The molecule has 2 unspecified atom stereocenters. The summed E-state index contributed by atoms with van der Waals surface area (Å²) in [5.41, 5.74) is 0. The van der Waals surface area contributed by atoms with Crippen LogP contribution in [0.5, 0.6) is 0 Å². The van der Waals surface area contributed by atoms with Crippen LogP contribution in [0.3, 0.4) is 0 Å². The third-order valence-electron chi connectivity index (χ3n) is 4.79. The maximum Gasteiger partial charge on any atom is 0.317 e. The first kappa shape index (κ1) is 16.2. The largest absolute Gasteiger partial charge is 0.393 e. The van der Waals surface area contributed by atoms with Crippen LogP contribution in [0.4, 0.5) is 4.79 Å². The van der Waals surface area contributed by atoms with E-state index in [-0.39, 0.29) is 30.1 Å². The van der Waals surface area contributed by atoms with Crippen molar-refractivity contribution in [3.05, 3.63) is 11.7 Å². The molecule has 2 aliphatic heterocycles. The summed E-state index contributed by atoms with van der Waals surface area (Å²) in [7, 11) is 0. The fourth-order valence-corrected chi connectivity index (χ4v) is 3.61. The molecule has 128 valence electrons. The second kappa shape index (κ2) is 6.86. The molecule has 0 spiro atoms. The number of aryl methyl sites for hydroxylation is 1. The number of nitrogens with zero attached hydrogens (tertiary/aromatic N) is 3. The van der Waals surface area contributed by atoms with Crippen LogP contribution >= 0.6 is 0 Å². The molecule has 2 aliphatic rings. The fraction of sp³-hybridized carbons (Fsp3) is 0.812. The van der Waals surface area contributed by atoms with Crippen molar-refractivity contribution in [1.29, 1.82) is 0 Å². The first-order valence-electron chi connectivity index (χ1n) is 8.61. The molecule has 2 bridgehead atoms. The van der Waals surface area contributed by atoms with E-state index in [0.29, 0.717) is 31.7 Å². The Morgan fingerprint density at radius 3 is 2.70 bits per heavy atom. The number of piperidine rings is 1. The Morgan fingerprint density at radius 2 is 2.09 bits per heavy atom. The molecule has 23 heavy (non-hydrogen) atoms. The highest BCUT2D eigenvalue weighted by Crippen LogP contribution is 2.35. The van der Waals surface area contributed by atoms with Gasteiger partial charge in [-0.25, -0.2) is 4.79 Å². The average Bonchev–Trinajstić information content (AvgIpc) is 3.07. The van der Waals surface area contributed by atoms with Gasteiger partial charge in [0.15, 0.2) is 5.82 Å². The molecule has 2 amide bonds. The van der Waals surface area contributed by atoms with Crippen molar-refractivity contribution in [3.8, 4) is 0 Å². The SMILES string of the molecule is CC(C)c1noc(CCCNC(=O)N2C3CCC2CC(O)C3)n1. The van der Waals surface area contributed by atoms with Gasteiger partial charge in [0.25, 0.3) is 0 Å². The highest BCUT2D eigenvalue weighted by atomic mass is 16.5. The molecule has 2 N–H and O–H groups in total. The molecule has 0 saturated carbocycles. The summed E-state index contributed by atoms with van der Waals surface area (Å²) in [6.07, 6.45) is 4.64. The summed E-state index contributed by atoms with van der Waals surface area (Å²) < 4.78 is 5.19. The molecule has 1 aromatic heterocycles. The molecular weight excluding hydrogens is 296 g/mol. The van der Waals surface area contributed by atoms with Gasteiger partial charge in [0.1, 0.15) is 0 Å². The van der Waals surface area contributed by atoms with Crippen molar-refractivity contribution in [2.45, 2.75) is 76.5 Å². The minimum absolute atomic E-state index is 0.00204. The van der Waals surface area contributed by atoms with Gasteiger partial charge in [-0.3, -0.25) is 0 Å². The lowest BCUT2D eigenvalue weighted by Crippen LogP contribution is -2.52. The Morgan fingerprint density at radius 1 is 1.39 bits per heavy atom. The van der Waals surface area contributed by atoms with Crippen LogP contribution in [0, 0.1) is 0 Å². The molecule has 2 fully saturated rings. The van der Waals surface area contributed by atoms with Gasteiger partial charge >= 0.3 is 6.03 Å². The number of urea groups is 1. The van der Waals surface area contributed by atoms with E-state index in [1.165, 1.54) is 0 Å². The van der Waals surface area contributed by atoms with Gasteiger partial charge in [0.2, 0.25) is 5.89 Å². The number of aliphatic hydroxyl groups is 1. The van der Waals surface area contributed by atoms with Crippen LogP contribution in [0.2, 0.25) is 0 Å². The molecule has 0 aliphatic carbocycles. The van der Waals surface area contributed by atoms with Gasteiger partial charge in [-0.2, -0.15) is 4.98 Å². The zero-order chi connectivity index (χ0) is 16.4. The van der Waals surface area contributed by atoms with E-state index >= 15 is 0 Å². The summed E-state index contributed by atoms with van der Waals surface area (Å²) in [4.78, 5) is 18.6. The number of carbonyl (C=O) groups is 1. The van der Waals surface area contributed by atoms with E-state index in [9.17, 15) is 9.90 Å². The van der Waals surface area contributed by atoms with Crippen LogP contribution in [-0.2, 0) is 6.42 Å². The van der Waals surface area contributed by atoms with Crippen molar-refractivity contribution in [2.75, 3.05) is 6.54 Å². The summed E-state index contributed by atoms with van der Waals surface area (Å²) >= 11 is 0. The summed E-state index contributed by atoms with van der Waals surface area (Å²) in [5.74, 6) is 1.62. The predicted molar refractivity (Wildman–Crippen MR) is 84.0 cm³/mol. The number of amides is 2. The van der Waals surface area contributed by atoms with E-state index < -0.39 is 0 Å². The van der Waals surface area contributed by atoms with Crippen LogP contribution in [0.15, 0.2) is 4.52 Å². The minimum Gasteiger partial charge on any atom is -0.393 e. The zero-order valence-corrected chi connectivity index (χ0v) is 13.9. The third-order valence-corrected chi connectivity index (χ3v) is 4.79. The van der Waals surface area contributed by atoms with Crippen molar-refractivity contribution < 1.29 is 14.4 Å². The Labute approximate surface area is 136 Å². The number of hydrogen-bond acceptors (Lipinski definition) is 5. The van der Waals surface area contributed by atoms with Gasteiger partial charge in [-0.15, -0.1) is 0 Å². The van der Waals surface area contributed by atoms with E-state index in [0.717, 1.165) is 25.1 Å². The van der Waals surface area contributed by atoms with E-state index in [2.05, 4.69) is 15.5 Å². The second-order valence-corrected chi connectivity index (χ2v) is 6.95. The van der Waals surface area contributed by atoms with Gasteiger partial charge in [-0.05, 0) is 32.1 Å². The lowest BCUT2D eigenvalue weighted by atomic mass is 10.0. The van der Waals surface area contributed by atoms with Crippen LogP contribution in [0.1, 0.15) is 63.6 Å². The molecule has 2 atom stereocenters. The molecule has 3 heterocycles. The molecule has 3 rings (SSSR count). The molecule has 1 aromatic rings. The van der Waals surface area contributed by atoms with E-state index in [1.54, 1.807) is 0 Å². The third kappa shape index (κ3) is 3.65. The average molecular weight is 322 g/mol. The van der Waals surface area contributed by atoms with E-state index in [4.69, 9.17) is 4.52 Å². The van der Waals surface area contributed by atoms with Crippen LogP contribution in [0.25, 0.3) is 0 Å². The van der Waals surface area contributed by atoms with Crippen molar-refractivity contribution in [3.63, 3.8) is 0 Å². The predicted octanol–water partition coefficient (Wildman–Crippen LogP) is 1.82. The fourth-order valence-electron chi connectivity index (χ4n) is 3.61. The van der Waals surface area contributed by atoms with Gasteiger partial charge < -0.3 is 19.8 Å². The van der Waals surface area contributed by atoms with E-state index in [1.807, 2.05) is 18.7 Å². The van der Waals surface area contributed by atoms with Gasteiger partial charge in [-0.1, -0.05) is 19.0 Å². The lowest BCUT2D eigenvalue weighted by molar-refractivity contribution is 0.0543. The standard InChI is InChI=1S/C16H26N4O3/c1-10(2)15-18-14(23-19-15)4-3-7-17-16(22)20-11-5-6-12(20)9-13(21)8-11/h10-13,21H,3-9H2,1-2H3,(H,17,22). The zero-order valence-electron chi connectivity index (χ0n) is 13.9. The Hall–Kier alpha value is -1.63. The van der Waals surface area contributed by atoms with Crippen molar-refractivity contribution >= 4 is 6.03 Å². The monoisotopic (exact) mass is 322 g/mol. The molecule has 0 radical (unpaired) electrons. The van der Waals surface area contributed by atoms with Crippen molar-refractivity contribution in [1.82, 2.24) is 20.4 Å². The number of nitrogens with one attached hydrogen (secondary N) is 1. The quantitative estimate of drug-likeness (QED) is 0.807. The number of fused-ring (bicyclic) bond motifs is 2.